The van der Waals surface area contributed by atoms with Gasteiger partial charge in [0.15, 0.2) is 5.78 Å². The van der Waals surface area contributed by atoms with Gasteiger partial charge in [0.2, 0.25) is 0 Å². The molecule has 3 rings (SSSR count). The number of ketones is 1. The zero-order chi connectivity index (χ0) is 25.7. The number of dihydropyridines is 1. The fraction of sp³-hybridized carbons (Fsp3) is 0.536. The Bertz CT molecular complexity index is 1040. The molecule has 1 heterocycles. The maximum atomic E-state index is 13.9. The quantitative estimate of drug-likeness (QED) is 0.306. The molecule has 0 saturated heterocycles. The van der Waals surface area contributed by atoms with E-state index in [9.17, 15) is 14.4 Å². The molecule has 1 aliphatic heterocycles. The number of rotatable bonds is 9. The minimum absolute atomic E-state index is 0.237. The standard InChI is InChI=1S/C28H37NO6/c1-7-9-14-34-21-13-11-10-12-19(21)24-23(28(32)35-17(4)8-2)18(5)29-20-15-16(3)22(27(31)33-6)26(30)25(20)24/h10-13,16-17,22,24,29H,7-9,14-15H2,1-6H3/t16-,17-,22-,24+/m0/s1. The third-order valence-corrected chi connectivity index (χ3v) is 6.83. The van der Waals surface area contributed by atoms with E-state index in [2.05, 4.69) is 12.2 Å². The third-order valence-electron chi connectivity index (χ3n) is 6.83. The van der Waals surface area contributed by atoms with Crippen LogP contribution in [0.1, 0.15) is 71.8 Å². The third kappa shape index (κ3) is 5.44. The van der Waals surface area contributed by atoms with Crippen molar-refractivity contribution in [3.05, 3.63) is 52.4 Å². The highest BCUT2D eigenvalue weighted by Crippen LogP contribution is 2.47. The highest BCUT2D eigenvalue weighted by molar-refractivity contribution is 6.12. The lowest BCUT2D eigenvalue weighted by molar-refractivity contribution is -0.151. The number of hydrogen-bond acceptors (Lipinski definition) is 7. The first kappa shape index (κ1) is 26.5. The van der Waals surface area contributed by atoms with E-state index in [1.165, 1.54) is 7.11 Å². The van der Waals surface area contributed by atoms with Gasteiger partial charge in [-0.05, 0) is 45.1 Å². The van der Waals surface area contributed by atoms with E-state index in [1.54, 1.807) is 0 Å². The van der Waals surface area contributed by atoms with Gasteiger partial charge in [-0.15, -0.1) is 0 Å². The average molecular weight is 484 g/mol. The molecule has 0 aromatic heterocycles. The maximum absolute atomic E-state index is 13.9. The van der Waals surface area contributed by atoms with Crippen molar-refractivity contribution >= 4 is 17.7 Å². The normalized spacial score (nSPS) is 22.8. The largest absolute Gasteiger partial charge is 0.493 e. The molecule has 4 atom stereocenters. The molecular weight excluding hydrogens is 446 g/mol. The molecule has 190 valence electrons. The number of carbonyl (C=O) groups excluding carboxylic acids is 3. The fourth-order valence-corrected chi connectivity index (χ4v) is 4.77. The van der Waals surface area contributed by atoms with Crippen LogP contribution < -0.4 is 10.1 Å². The van der Waals surface area contributed by atoms with Crippen LogP contribution in [0.5, 0.6) is 5.75 Å². The average Bonchev–Trinajstić information content (AvgIpc) is 2.83. The van der Waals surface area contributed by atoms with Gasteiger partial charge in [0, 0.05) is 22.5 Å². The number of hydrogen-bond donors (Lipinski definition) is 1. The number of carbonyl (C=O) groups is 3. The lowest BCUT2D eigenvalue weighted by Crippen LogP contribution is -2.43. The summed E-state index contributed by atoms with van der Waals surface area (Å²) < 4.78 is 16.8. The number of Topliss-reactive ketones (excluding diaryl/α,β-unsaturated/α-hetero) is 1. The Balaban J connectivity index is 2.18. The first-order chi connectivity index (χ1) is 16.7. The van der Waals surface area contributed by atoms with Crippen LogP contribution in [0, 0.1) is 11.8 Å². The van der Waals surface area contributed by atoms with Gasteiger partial charge in [-0.25, -0.2) is 4.79 Å². The summed E-state index contributed by atoms with van der Waals surface area (Å²) >= 11 is 0. The smallest absolute Gasteiger partial charge is 0.337 e. The molecule has 0 radical (unpaired) electrons. The molecule has 35 heavy (non-hydrogen) atoms. The molecule has 0 spiro atoms. The van der Waals surface area contributed by atoms with Gasteiger partial charge in [-0.1, -0.05) is 45.4 Å². The second-order valence-electron chi connectivity index (χ2n) is 9.40. The van der Waals surface area contributed by atoms with Crippen molar-refractivity contribution in [2.75, 3.05) is 13.7 Å². The Morgan fingerprint density at radius 2 is 1.91 bits per heavy atom. The molecule has 1 aliphatic carbocycles. The molecule has 1 aromatic carbocycles. The molecule has 0 bridgehead atoms. The molecule has 0 unspecified atom stereocenters. The van der Waals surface area contributed by atoms with Gasteiger partial charge in [0.25, 0.3) is 0 Å². The lowest BCUT2D eigenvalue weighted by Gasteiger charge is -2.38. The molecule has 0 amide bonds. The summed E-state index contributed by atoms with van der Waals surface area (Å²) in [4.78, 5) is 39.9. The van der Waals surface area contributed by atoms with Crippen LogP contribution in [0.3, 0.4) is 0 Å². The summed E-state index contributed by atoms with van der Waals surface area (Å²) in [6.45, 7) is 10.1. The minimum Gasteiger partial charge on any atom is -0.493 e. The lowest BCUT2D eigenvalue weighted by atomic mass is 9.69. The number of benzene rings is 1. The van der Waals surface area contributed by atoms with Gasteiger partial charge in [0.1, 0.15) is 11.7 Å². The zero-order valence-electron chi connectivity index (χ0n) is 21.6. The Morgan fingerprint density at radius 1 is 1.20 bits per heavy atom. The number of methoxy groups -OCH3 is 1. The van der Waals surface area contributed by atoms with Crippen LogP contribution in [-0.4, -0.2) is 37.5 Å². The van der Waals surface area contributed by atoms with E-state index in [4.69, 9.17) is 14.2 Å². The second-order valence-corrected chi connectivity index (χ2v) is 9.40. The first-order valence-electron chi connectivity index (χ1n) is 12.5. The zero-order valence-corrected chi connectivity index (χ0v) is 21.6. The number of esters is 2. The summed E-state index contributed by atoms with van der Waals surface area (Å²) in [6, 6.07) is 7.47. The summed E-state index contributed by atoms with van der Waals surface area (Å²) in [5.74, 6) is -2.63. The minimum atomic E-state index is -0.929. The van der Waals surface area contributed by atoms with Gasteiger partial charge < -0.3 is 19.5 Å². The Morgan fingerprint density at radius 3 is 2.57 bits per heavy atom. The molecule has 7 heteroatoms. The van der Waals surface area contributed by atoms with Crippen LogP contribution in [0.25, 0.3) is 0 Å². The van der Waals surface area contributed by atoms with Crippen molar-refractivity contribution in [1.82, 2.24) is 5.32 Å². The SMILES string of the molecule is CCCCOc1ccccc1[C@@H]1C(C(=O)O[C@@H](C)CC)=C(C)NC2=C1C(=O)[C@@H](C(=O)OC)[C@@H](C)C2. The van der Waals surface area contributed by atoms with Crippen LogP contribution in [0.4, 0.5) is 0 Å². The van der Waals surface area contributed by atoms with Crippen LogP contribution in [0.2, 0.25) is 0 Å². The first-order valence-corrected chi connectivity index (χ1v) is 12.5. The van der Waals surface area contributed by atoms with Gasteiger partial charge in [-0.3, -0.25) is 9.59 Å². The Labute approximate surface area is 207 Å². The van der Waals surface area contributed by atoms with Gasteiger partial charge in [-0.2, -0.15) is 0 Å². The number of para-hydroxylation sites is 1. The van der Waals surface area contributed by atoms with Gasteiger partial charge >= 0.3 is 11.9 Å². The van der Waals surface area contributed by atoms with E-state index in [0.29, 0.717) is 47.6 Å². The summed E-state index contributed by atoms with van der Waals surface area (Å²) in [5, 5.41) is 3.30. The molecular formula is C28H37NO6. The molecule has 2 aliphatic rings. The predicted octanol–water partition coefficient (Wildman–Crippen LogP) is 4.82. The Hall–Kier alpha value is -3.09. The van der Waals surface area contributed by atoms with Gasteiger partial charge in [0.05, 0.1) is 31.3 Å². The van der Waals surface area contributed by atoms with E-state index >= 15 is 0 Å². The molecule has 7 nitrogen and oxygen atoms in total. The van der Waals surface area contributed by atoms with Crippen molar-refractivity contribution in [3.8, 4) is 5.75 Å². The second kappa shape index (κ2) is 11.6. The highest BCUT2D eigenvalue weighted by Gasteiger charge is 2.48. The van der Waals surface area contributed by atoms with E-state index in [-0.39, 0.29) is 17.8 Å². The Kier molecular flexibility index (Phi) is 8.76. The molecule has 1 N–H and O–H groups in total. The van der Waals surface area contributed by atoms with E-state index in [1.807, 2.05) is 52.0 Å². The monoisotopic (exact) mass is 483 g/mol. The highest BCUT2D eigenvalue weighted by atomic mass is 16.5. The van der Waals surface area contributed by atoms with Crippen LogP contribution in [-0.2, 0) is 23.9 Å². The summed E-state index contributed by atoms with van der Waals surface area (Å²) in [6.07, 6.45) is 2.74. The van der Waals surface area contributed by atoms with Crippen molar-refractivity contribution < 1.29 is 28.6 Å². The van der Waals surface area contributed by atoms with Crippen molar-refractivity contribution in [3.63, 3.8) is 0 Å². The van der Waals surface area contributed by atoms with E-state index < -0.39 is 23.8 Å². The number of ether oxygens (including phenoxy) is 3. The van der Waals surface area contributed by atoms with Crippen molar-refractivity contribution in [1.29, 1.82) is 0 Å². The van der Waals surface area contributed by atoms with Crippen molar-refractivity contribution in [2.45, 2.75) is 72.3 Å². The summed E-state index contributed by atoms with van der Waals surface area (Å²) in [5.41, 5.74) is 2.85. The van der Waals surface area contributed by atoms with Crippen LogP contribution >= 0.6 is 0 Å². The maximum Gasteiger partial charge on any atom is 0.337 e. The molecule has 1 aromatic rings. The molecule has 0 saturated carbocycles. The van der Waals surface area contributed by atoms with E-state index in [0.717, 1.165) is 18.5 Å². The fourth-order valence-electron chi connectivity index (χ4n) is 4.77. The van der Waals surface area contributed by atoms with Crippen molar-refractivity contribution in [2.24, 2.45) is 11.8 Å². The predicted molar refractivity (Wildman–Crippen MR) is 133 cm³/mol. The summed E-state index contributed by atoms with van der Waals surface area (Å²) in [7, 11) is 1.29. The van der Waals surface area contributed by atoms with Crippen LogP contribution in [0.15, 0.2) is 46.8 Å². The molecule has 0 fully saturated rings. The topological polar surface area (TPSA) is 90.9 Å². The number of nitrogens with one attached hydrogen (secondary N) is 1. The number of allylic oxidation sites excluding steroid dienone is 3. The number of unbranched alkanes of at least 4 members (excludes halogenated alkanes) is 1.